The lowest BCUT2D eigenvalue weighted by Crippen LogP contribution is -2.25. The molecule has 0 saturated heterocycles. The lowest BCUT2D eigenvalue weighted by atomic mass is 10.3. The van der Waals surface area contributed by atoms with Crippen LogP contribution in [0.25, 0.3) is 0 Å². The van der Waals surface area contributed by atoms with E-state index in [2.05, 4.69) is 10.3 Å². The Kier molecular flexibility index (Phi) is 3.36. The fourth-order valence-corrected chi connectivity index (χ4v) is 2.06. The molecule has 4 nitrogen and oxygen atoms in total. The van der Waals surface area contributed by atoms with Crippen LogP contribution >= 0.6 is 11.3 Å². The third-order valence-corrected chi connectivity index (χ3v) is 3.17. The van der Waals surface area contributed by atoms with Gasteiger partial charge in [-0.3, -0.25) is 4.79 Å². The molecular formula is C11H13N3OS. The van der Waals surface area contributed by atoms with Gasteiger partial charge in [0.25, 0.3) is 5.91 Å². The first-order chi connectivity index (χ1) is 7.77. The quantitative estimate of drug-likeness (QED) is 0.872. The zero-order valence-electron chi connectivity index (χ0n) is 9.01. The molecule has 0 unspecified atom stereocenters. The lowest BCUT2D eigenvalue weighted by molar-refractivity contribution is 0.0958. The number of aromatic nitrogens is 2. The number of hydrogen-bond donors (Lipinski definition) is 1. The fourth-order valence-electron chi connectivity index (χ4n) is 1.42. The molecule has 84 valence electrons. The molecule has 2 aromatic heterocycles. The number of rotatable bonds is 4. The van der Waals surface area contributed by atoms with Crippen LogP contribution < -0.4 is 5.32 Å². The second kappa shape index (κ2) is 4.94. The monoisotopic (exact) mass is 235 g/mol. The van der Waals surface area contributed by atoms with Crippen molar-refractivity contribution in [2.24, 2.45) is 7.05 Å². The molecule has 0 saturated carbocycles. The summed E-state index contributed by atoms with van der Waals surface area (Å²) in [6.45, 7) is 0.613. The van der Waals surface area contributed by atoms with E-state index in [9.17, 15) is 4.79 Å². The Bertz CT molecular complexity index is 461. The molecule has 0 bridgehead atoms. The number of carbonyl (C=O) groups is 1. The number of amides is 1. The maximum absolute atomic E-state index is 11.6. The first-order valence-corrected chi connectivity index (χ1v) is 5.93. The number of carbonyl (C=O) groups excluding carboxylic acids is 1. The van der Waals surface area contributed by atoms with E-state index in [1.54, 1.807) is 6.20 Å². The summed E-state index contributed by atoms with van der Waals surface area (Å²) in [7, 11) is 1.95. The van der Waals surface area contributed by atoms with E-state index in [1.807, 2.05) is 35.3 Å². The fraction of sp³-hybridized carbons (Fsp3) is 0.273. The van der Waals surface area contributed by atoms with Crippen molar-refractivity contribution < 1.29 is 4.79 Å². The van der Waals surface area contributed by atoms with Crippen LogP contribution in [0.2, 0.25) is 0 Å². The van der Waals surface area contributed by atoms with E-state index in [1.165, 1.54) is 11.3 Å². The van der Waals surface area contributed by atoms with Gasteiger partial charge in [-0.05, 0) is 11.4 Å². The van der Waals surface area contributed by atoms with Gasteiger partial charge in [0.2, 0.25) is 0 Å². The highest BCUT2D eigenvalue weighted by molar-refractivity contribution is 7.12. The molecule has 2 rings (SSSR count). The minimum absolute atomic E-state index is 0.00999. The number of nitrogens with zero attached hydrogens (tertiary/aromatic N) is 2. The number of imidazole rings is 1. The molecule has 0 aliphatic rings. The summed E-state index contributed by atoms with van der Waals surface area (Å²) in [5, 5.41) is 4.77. The molecule has 16 heavy (non-hydrogen) atoms. The smallest absolute Gasteiger partial charge is 0.261 e. The molecule has 1 N–H and O–H groups in total. The van der Waals surface area contributed by atoms with Crippen molar-refractivity contribution in [2.45, 2.75) is 6.42 Å². The van der Waals surface area contributed by atoms with Crippen molar-refractivity contribution in [3.05, 3.63) is 40.6 Å². The summed E-state index contributed by atoms with van der Waals surface area (Å²) in [6.07, 6.45) is 4.41. The Morgan fingerprint density at radius 2 is 2.50 bits per heavy atom. The van der Waals surface area contributed by atoms with Gasteiger partial charge >= 0.3 is 0 Å². The maximum atomic E-state index is 11.6. The standard InChI is InChI=1S/C11H13N3OS/c1-14-7-6-12-10(14)4-5-13-11(15)9-3-2-8-16-9/h2-3,6-8H,4-5H2,1H3,(H,13,15). The highest BCUT2D eigenvalue weighted by atomic mass is 32.1. The second-order valence-electron chi connectivity index (χ2n) is 3.44. The van der Waals surface area contributed by atoms with E-state index >= 15 is 0 Å². The molecule has 1 amide bonds. The topological polar surface area (TPSA) is 46.9 Å². The third kappa shape index (κ3) is 2.49. The molecule has 0 aromatic carbocycles. The lowest BCUT2D eigenvalue weighted by Gasteiger charge is -2.03. The Morgan fingerprint density at radius 1 is 1.62 bits per heavy atom. The van der Waals surface area contributed by atoms with E-state index < -0.39 is 0 Å². The minimum Gasteiger partial charge on any atom is -0.351 e. The first-order valence-electron chi connectivity index (χ1n) is 5.05. The van der Waals surface area contributed by atoms with Gasteiger partial charge in [0.15, 0.2) is 0 Å². The van der Waals surface area contributed by atoms with Crippen LogP contribution in [0, 0.1) is 0 Å². The largest absolute Gasteiger partial charge is 0.351 e. The van der Waals surface area contributed by atoms with Crippen LogP contribution in [0.5, 0.6) is 0 Å². The van der Waals surface area contributed by atoms with Crippen LogP contribution in [0.1, 0.15) is 15.5 Å². The number of nitrogens with one attached hydrogen (secondary N) is 1. The number of thiophene rings is 1. The zero-order chi connectivity index (χ0) is 11.4. The van der Waals surface area contributed by atoms with Gasteiger partial charge in [-0.2, -0.15) is 0 Å². The third-order valence-electron chi connectivity index (χ3n) is 2.30. The Balaban J connectivity index is 1.81. The van der Waals surface area contributed by atoms with E-state index in [-0.39, 0.29) is 5.91 Å². The second-order valence-corrected chi connectivity index (χ2v) is 4.39. The highest BCUT2D eigenvalue weighted by Crippen LogP contribution is 2.07. The number of hydrogen-bond acceptors (Lipinski definition) is 3. The van der Waals surface area contributed by atoms with Gasteiger partial charge in [-0.1, -0.05) is 6.07 Å². The summed E-state index contributed by atoms with van der Waals surface area (Å²) >= 11 is 1.45. The van der Waals surface area contributed by atoms with E-state index in [4.69, 9.17) is 0 Å². The Morgan fingerprint density at radius 3 is 3.12 bits per heavy atom. The average Bonchev–Trinajstić information content (AvgIpc) is 2.90. The van der Waals surface area contributed by atoms with Crippen LogP contribution in [0.15, 0.2) is 29.9 Å². The van der Waals surface area contributed by atoms with Crippen LogP contribution in [0.4, 0.5) is 0 Å². The van der Waals surface area contributed by atoms with Crippen LogP contribution in [-0.2, 0) is 13.5 Å². The maximum Gasteiger partial charge on any atom is 0.261 e. The Hall–Kier alpha value is -1.62. The van der Waals surface area contributed by atoms with Crippen molar-refractivity contribution in [3.8, 4) is 0 Å². The molecule has 5 heteroatoms. The zero-order valence-corrected chi connectivity index (χ0v) is 9.83. The minimum atomic E-state index is -0.00999. The predicted octanol–water partition coefficient (Wildman–Crippen LogP) is 1.45. The van der Waals surface area contributed by atoms with Crippen molar-refractivity contribution in [1.82, 2.24) is 14.9 Å². The van der Waals surface area contributed by atoms with Gasteiger partial charge in [-0.25, -0.2) is 4.98 Å². The molecule has 0 atom stereocenters. The highest BCUT2D eigenvalue weighted by Gasteiger charge is 2.05. The average molecular weight is 235 g/mol. The summed E-state index contributed by atoms with van der Waals surface area (Å²) in [6, 6.07) is 3.69. The van der Waals surface area contributed by atoms with Gasteiger partial charge < -0.3 is 9.88 Å². The van der Waals surface area contributed by atoms with Gasteiger partial charge in [-0.15, -0.1) is 11.3 Å². The normalized spacial score (nSPS) is 10.3. The van der Waals surface area contributed by atoms with Crippen LogP contribution in [0.3, 0.4) is 0 Å². The molecule has 0 radical (unpaired) electrons. The predicted molar refractivity (Wildman–Crippen MR) is 63.6 cm³/mol. The number of aryl methyl sites for hydroxylation is 1. The van der Waals surface area contributed by atoms with Gasteiger partial charge in [0, 0.05) is 32.4 Å². The van der Waals surface area contributed by atoms with E-state index in [0.717, 1.165) is 17.1 Å². The first kappa shape index (κ1) is 10.9. The molecule has 2 aromatic rings. The molecule has 2 heterocycles. The summed E-state index contributed by atoms with van der Waals surface area (Å²) in [4.78, 5) is 16.5. The summed E-state index contributed by atoms with van der Waals surface area (Å²) < 4.78 is 1.96. The SMILES string of the molecule is Cn1ccnc1CCNC(=O)c1cccs1. The van der Waals surface area contributed by atoms with Gasteiger partial charge in [0.1, 0.15) is 5.82 Å². The molecule has 0 aliphatic carbocycles. The van der Waals surface area contributed by atoms with E-state index in [0.29, 0.717) is 6.54 Å². The summed E-state index contributed by atoms with van der Waals surface area (Å²) in [5.41, 5.74) is 0. The molecular weight excluding hydrogens is 222 g/mol. The van der Waals surface area contributed by atoms with Gasteiger partial charge in [0.05, 0.1) is 4.88 Å². The summed E-state index contributed by atoms with van der Waals surface area (Å²) in [5.74, 6) is 0.968. The molecule has 0 spiro atoms. The van der Waals surface area contributed by atoms with Crippen molar-refractivity contribution >= 4 is 17.2 Å². The molecule has 0 fully saturated rings. The van der Waals surface area contributed by atoms with Crippen molar-refractivity contribution in [2.75, 3.05) is 6.54 Å². The van der Waals surface area contributed by atoms with Crippen molar-refractivity contribution in [3.63, 3.8) is 0 Å². The molecule has 0 aliphatic heterocycles. The Labute approximate surface area is 97.9 Å². The van der Waals surface area contributed by atoms with Crippen molar-refractivity contribution in [1.29, 1.82) is 0 Å². The van der Waals surface area contributed by atoms with Crippen LogP contribution in [-0.4, -0.2) is 22.0 Å².